The van der Waals surface area contributed by atoms with Crippen molar-refractivity contribution in [3.63, 3.8) is 0 Å². The fourth-order valence-electron chi connectivity index (χ4n) is 1.21. The van der Waals surface area contributed by atoms with Gasteiger partial charge in [0.15, 0.2) is 0 Å². The summed E-state index contributed by atoms with van der Waals surface area (Å²) >= 11 is 0. The third-order valence-corrected chi connectivity index (χ3v) is 1.87. The van der Waals surface area contributed by atoms with E-state index in [1.807, 2.05) is 0 Å². The first-order valence-electron chi connectivity index (χ1n) is 3.86. The summed E-state index contributed by atoms with van der Waals surface area (Å²) in [6.45, 7) is 2.30. The van der Waals surface area contributed by atoms with Gasteiger partial charge in [0.05, 0.1) is 0 Å². The largest absolute Gasteiger partial charge is 0.328 e. The van der Waals surface area contributed by atoms with Gasteiger partial charge < -0.3 is 11.1 Å². The van der Waals surface area contributed by atoms with Gasteiger partial charge in [-0.1, -0.05) is 6.42 Å². The van der Waals surface area contributed by atoms with Crippen molar-refractivity contribution in [2.45, 2.75) is 31.7 Å². The standard InChI is InChI=1S/C7H16N2/c8-7-3-1-2-5-9-6-4-7/h7,9H,1-6,8H2/t7-/m1/s1. The van der Waals surface area contributed by atoms with E-state index in [-0.39, 0.29) is 0 Å². The molecule has 0 aliphatic carbocycles. The number of nitrogens with two attached hydrogens (primary N) is 1. The van der Waals surface area contributed by atoms with Crippen LogP contribution in [0, 0.1) is 0 Å². The molecule has 54 valence electrons. The van der Waals surface area contributed by atoms with Crippen LogP contribution < -0.4 is 11.1 Å². The van der Waals surface area contributed by atoms with Crippen molar-refractivity contribution in [3.8, 4) is 0 Å². The highest BCUT2D eigenvalue weighted by molar-refractivity contribution is 4.66. The quantitative estimate of drug-likeness (QED) is 0.498. The van der Waals surface area contributed by atoms with Gasteiger partial charge in [0.25, 0.3) is 0 Å². The highest BCUT2D eigenvalue weighted by Crippen LogP contribution is 2.03. The van der Waals surface area contributed by atoms with Crippen molar-refractivity contribution >= 4 is 0 Å². The molecule has 0 unspecified atom stereocenters. The maximum atomic E-state index is 5.76. The second kappa shape index (κ2) is 3.85. The molecule has 3 N–H and O–H groups in total. The van der Waals surface area contributed by atoms with Crippen LogP contribution in [0.2, 0.25) is 0 Å². The Morgan fingerprint density at radius 1 is 1.11 bits per heavy atom. The van der Waals surface area contributed by atoms with Crippen molar-refractivity contribution in [2.24, 2.45) is 5.73 Å². The molecule has 0 aromatic carbocycles. The lowest BCUT2D eigenvalue weighted by Crippen LogP contribution is -2.29. The predicted molar refractivity (Wildman–Crippen MR) is 39.3 cm³/mol. The molecule has 1 atom stereocenters. The fraction of sp³-hybridized carbons (Fsp3) is 1.00. The second-order valence-corrected chi connectivity index (χ2v) is 2.79. The summed E-state index contributed by atoms with van der Waals surface area (Å²) in [7, 11) is 0. The van der Waals surface area contributed by atoms with E-state index >= 15 is 0 Å². The Morgan fingerprint density at radius 2 is 2.00 bits per heavy atom. The zero-order valence-electron chi connectivity index (χ0n) is 5.90. The number of hydrogen-bond donors (Lipinski definition) is 2. The van der Waals surface area contributed by atoms with Crippen LogP contribution in [0.3, 0.4) is 0 Å². The van der Waals surface area contributed by atoms with Crippen LogP contribution in [0.5, 0.6) is 0 Å². The van der Waals surface area contributed by atoms with E-state index in [0.29, 0.717) is 6.04 Å². The summed E-state index contributed by atoms with van der Waals surface area (Å²) < 4.78 is 0. The molecule has 1 fully saturated rings. The van der Waals surface area contributed by atoms with Crippen molar-refractivity contribution < 1.29 is 0 Å². The Kier molecular flexibility index (Phi) is 3.01. The average Bonchev–Trinajstić information content (AvgIpc) is 1.79. The molecule has 1 saturated heterocycles. The van der Waals surface area contributed by atoms with E-state index in [0.717, 1.165) is 13.0 Å². The molecule has 1 aliphatic heterocycles. The number of nitrogens with one attached hydrogen (secondary N) is 1. The first-order chi connectivity index (χ1) is 4.39. The monoisotopic (exact) mass is 128 g/mol. The Balaban J connectivity index is 2.12. The first-order valence-corrected chi connectivity index (χ1v) is 3.86. The molecule has 0 radical (unpaired) electrons. The van der Waals surface area contributed by atoms with Crippen molar-refractivity contribution in [3.05, 3.63) is 0 Å². The van der Waals surface area contributed by atoms with Gasteiger partial charge in [-0.3, -0.25) is 0 Å². The van der Waals surface area contributed by atoms with Gasteiger partial charge >= 0.3 is 0 Å². The molecule has 2 heteroatoms. The van der Waals surface area contributed by atoms with Crippen LogP contribution in [0.1, 0.15) is 25.7 Å². The van der Waals surface area contributed by atoms with Gasteiger partial charge in [0.1, 0.15) is 0 Å². The second-order valence-electron chi connectivity index (χ2n) is 2.79. The summed E-state index contributed by atoms with van der Waals surface area (Å²) in [6, 6.07) is 0.456. The van der Waals surface area contributed by atoms with Crippen LogP contribution in [-0.4, -0.2) is 19.1 Å². The fourth-order valence-corrected chi connectivity index (χ4v) is 1.21. The molecule has 0 aromatic heterocycles. The molecular formula is C7H16N2. The third kappa shape index (κ3) is 2.82. The minimum Gasteiger partial charge on any atom is -0.328 e. The summed E-state index contributed by atoms with van der Waals surface area (Å²) in [5.74, 6) is 0. The zero-order valence-corrected chi connectivity index (χ0v) is 5.90. The maximum Gasteiger partial charge on any atom is 0.00509 e. The normalized spacial score (nSPS) is 31.0. The Morgan fingerprint density at radius 3 is 2.89 bits per heavy atom. The molecule has 0 bridgehead atoms. The average molecular weight is 128 g/mol. The topological polar surface area (TPSA) is 38.0 Å². The molecule has 0 saturated carbocycles. The third-order valence-electron chi connectivity index (χ3n) is 1.87. The Bertz CT molecular complexity index is 65.3. The van der Waals surface area contributed by atoms with E-state index in [2.05, 4.69) is 5.32 Å². The molecule has 1 aliphatic rings. The summed E-state index contributed by atoms with van der Waals surface area (Å²) in [5, 5.41) is 3.34. The zero-order chi connectivity index (χ0) is 6.53. The summed E-state index contributed by atoms with van der Waals surface area (Å²) in [6.07, 6.45) is 4.98. The predicted octanol–water partition coefficient (Wildman–Crippen LogP) is 0.477. The van der Waals surface area contributed by atoms with Gasteiger partial charge in [-0.05, 0) is 32.4 Å². The van der Waals surface area contributed by atoms with Crippen molar-refractivity contribution in [1.29, 1.82) is 0 Å². The van der Waals surface area contributed by atoms with Crippen LogP contribution in [0.15, 0.2) is 0 Å². The molecule has 0 amide bonds. The van der Waals surface area contributed by atoms with Crippen LogP contribution in [-0.2, 0) is 0 Å². The minimum absolute atomic E-state index is 0.456. The Labute approximate surface area is 56.8 Å². The molecule has 0 spiro atoms. The van der Waals surface area contributed by atoms with Crippen LogP contribution >= 0.6 is 0 Å². The smallest absolute Gasteiger partial charge is 0.00509 e. The van der Waals surface area contributed by atoms with E-state index in [4.69, 9.17) is 5.73 Å². The molecule has 0 aromatic rings. The lowest BCUT2D eigenvalue weighted by atomic mass is 10.1. The molecule has 9 heavy (non-hydrogen) atoms. The number of rotatable bonds is 0. The lowest BCUT2D eigenvalue weighted by molar-refractivity contribution is 0.465. The van der Waals surface area contributed by atoms with Crippen LogP contribution in [0.4, 0.5) is 0 Å². The summed E-state index contributed by atoms with van der Waals surface area (Å²) in [5.41, 5.74) is 5.76. The molecular weight excluding hydrogens is 112 g/mol. The highest BCUT2D eigenvalue weighted by Gasteiger charge is 2.03. The molecule has 1 rings (SSSR count). The van der Waals surface area contributed by atoms with Crippen molar-refractivity contribution in [1.82, 2.24) is 5.32 Å². The van der Waals surface area contributed by atoms with Crippen LogP contribution in [0.25, 0.3) is 0 Å². The lowest BCUT2D eigenvalue weighted by Gasteiger charge is -2.15. The van der Waals surface area contributed by atoms with Gasteiger partial charge in [-0.25, -0.2) is 0 Å². The highest BCUT2D eigenvalue weighted by atomic mass is 14.9. The molecule has 1 heterocycles. The maximum absolute atomic E-state index is 5.76. The van der Waals surface area contributed by atoms with Gasteiger partial charge in [-0.15, -0.1) is 0 Å². The molecule has 2 nitrogen and oxygen atoms in total. The van der Waals surface area contributed by atoms with E-state index in [1.165, 1.54) is 25.8 Å². The van der Waals surface area contributed by atoms with Crippen molar-refractivity contribution in [2.75, 3.05) is 13.1 Å². The van der Waals surface area contributed by atoms with E-state index in [9.17, 15) is 0 Å². The summed E-state index contributed by atoms with van der Waals surface area (Å²) in [4.78, 5) is 0. The Hall–Kier alpha value is -0.0800. The van der Waals surface area contributed by atoms with Gasteiger partial charge in [0, 0.05) is 6.04 Å². The number of hydrogen-bond acceptors (Lipinski definition) is 2. The van der Waals surface area contributed by atoms with Gasteiger partial charge in [-0.2, -0.15) is 0 Å². The van der Waals surface area contributed by atoms with E-state index < -0.39 is 0 Å². The SMILES string of the molecule is N[C@@H]1CCCCNCC1. The minimum atomic E-state index is 0.456. The van der Waals surface area contributed by atoms with E-state index in [1.54, 1.807) is 0 Å². The van der Waals surface area contributed by atoms with Gasteiger partial charge in [0.2, 0.25) is 0 Å². The first kappa shape index (κ1) is 7.03.